The molecule has 1 N–H and O–H groups in total. The number of anilines is 5. The van der Waals surface area contributed by atoms with Crippen LogP contribution in [0.25, 0.3) is 21.9 Å². The van der Waals surface area contributed by atoms with Crippen molar-refractivity contribution in [1.82, 2.24) is 0 Å². The van der Waals surface area contributed by atoms with Gasteiger partial charge in [0.1, 0.15) is 7.28 Å². The number of rotatable bonds is 13. The average Bonchev–Trinajstić information content (AvgIpc) is 3.09. The molecular formula is C41H41BN2. The van der Waals surface area contributed by atoms with Crippen LogP contribution in [0.4, 0.5) is 28.4 Å². The molecule has 6 aromatic carbocycles. The molecule has 0 unspecified atom stereocenters. The topological polar surface area (TPSA) is 15.3 Å². The monoisotopic (exact) mass is 572 g/mol. The fraction of sp³-hybridized carbons (Fsp3) is 0.171. The Bertz CT molecular complexity index is 1750. The molecule has 0 spiro atoms. The maximum Gasteiger partial charge on any atom is 0.117 e. The summed E-state index contributed by atoms with van der Waals surface area (Å²) in [6, 6.07) is 52.3. The number of benzene rings is 6. The highest BCUT2D eigenvalue weighted by atomic mass is 15.1. The fourth-order valence-corrected chi connectivity index (χ4v) is 6.10. The van der Waals surface area contributed by atoms with Gasteiger partial charge in [-0.3, -0.25) is 0 Å². The van der Waals surface area contributed by atoms with Crippen molar-refractivity contribution < 1.29 is 0 Å². The molecule has 0 heterocycles. The first-order chi connectivity index (χ1) is 21.8. The molecule has 44 heavy (non-hydrogen) atoms. The van der Waals surface area contributed by atoms with Crippen LogP contribution in [-0.2, 0) is 6.42 Å². The van der Waals surface area contributed by atoms with Crippen LogP contribution >= 0.6 is 0 Å². The predicted octanol–water partition coefficient (Wildman–Crippen LogP) is 11.7. The Morgan fingerprint density at radius 3 is 1.77 bits per heavy atom. The molecule has 0 amide bonds. The Kier molecular flexibility index (Phi) is 9.74. The molecule has 6 rings (SSSR count). The smallest absolute Gasteiger partial charge is 0.117 e. The van der Waals surface area contributed by atoms with Crippen LogP contribution in [-0.4, -0.2) is 7.28 Å². The van der Waals surface area contributed by atoms with Crippen molar-refractivity contribution in [1.29, 1.82) is 0 Å². The minimum absolute atomic E-state index is 1.08. The van der Waals surface area contributed by atoms with Crippen molar-refractivity contribution in [2.45, 2.75) is 45.2 Å². The molecule has 0 saturated heterocycles. The molecule has 0 fully saturated rings. The van der Waals surface area contributed by atoms with Crippen LogP contribution in [0.2, 0.25) is 13.1 Å². The molecule has 0 saturated carbocycles. The van der Waals surface area contributed by atoms with E-state index in [1.807, 2.05) is 18.2 Å². The van der Waals surface area contributed by atoms with Gasteiger partial charge in [-0.05, 0) is 89.5 Å². The SMILES string of the molecule is CBCCCCCCc1ccc(N(c2ccccc2)c2ccc(-c3ccc(Nc4ccccc4)cc3)cc2)c2ccccc12. The summed E-state index contributed by atoms with van der Waals surface area (Å²) in [5.74, 6) is 0. The molecule has 0 radical (unpaired) electrons. The van der Waals surface area contributed by atoms with Gasteiger partial charge in [0.15, 0.2) is 0 Å². The minimum atomic E-state index is 1.08. The van der Waals surface area contributed by atoms with Gasteiger partial charge in [0.25, 0.3) is 0 Å². The quantitative estimate of drug-likeness (QED) is 0.109. The van der Waals surface area contributed by atoms with Crippen molar-refractivity contribution in [3.05, 3.63) is 151 Å². The summed E-state index contributed by atoms with van der Waals surface area (Å²) in [5.41, 5.74) is 9.54. The average molecular weight is 573 g/mol. The Balaban J connectivity index is 1.27. The summed E-state index contributed by atoms with van der Waals surface area (Å²) >= 11 is 0. The number of hydrogen-bond acceptors (Lipinski definition) is 2. The lowest BCUT2D eigenvalue weighted by molar-refractivity contribution is 0.667. The molecule has 3 heteroatoms. The second kappa shape index (κ2) is 14.6. The van der Waals surface area contributed by atoms with Crippen LogP contribution in [0.3, 0.4) is 0 Å². The second-order valence-electron chi connectivity index (χ2n) is 11.6. The van der Waals surface area contributed by atoms with Gasteiger partial charge in [-0.25, -0.2) is 0 Å². The summed E-state index contributed by atoms with van der Waals surface area (Å²) in [6.45, 7) is 2.28. The number of aryl methyl sites for hydroxylation is 1. The van der Waals surface area contributed by atoms with E-state index in [1.54, 1.807) is 0 Å². The molecular weight excluding hydrogens is 531 g/mol. The van der Waals surface area contributed by atoms with Gasteiger partial charge >= 0.3 is 0 Å². The molecule has 0 aromatic heterocycles. The van der Waals surface area contributed by atoms with E-state index in [0.29, 0.717) is 0 Å². The highest BCUT2D eigenvalue weighted by molar-refractivity contribution is 6.33. The third-order valence-corrected chi connectivity index (χ3v) is 8.45. The normalized spacial score (nSPS) is 10.9. The summed E-state index contributed by atoms with van der Waals surface area (Å²) < 4.78 is 0. The van der Waals surface area contributed by atoms with E-state index in [2.05, 4.69) is 144 Å². The molecule has 6 aromatic rings. The Morgan fingerprint density at radius 2 is 1.07 bits per heavy atom. The largest absolute Gasteiger partial charge is 0.356 e. The van der Waals surface area contributed by atoms with Crippen molar-refractivity contribution in [2.75, 3.05) is 10.2 Å². The highest BCUT2D eigenvalue weighted by Crippen LogP contribution is 2.40. The molecule has 0 aliphatic heterocycles. The maximum atomic E-state index is 3.48. The number of para-hydroxylation sites is 2. The molecule has 0 atom stereocenters. The van der Waals surface area contributed by atoms with Gasteiger partial charge in [0, 0.05) is 28.1 Å². The number of fused-ring (bicyclic) bond motifs is 1. The lowest BCUT2D eigenvalue weighted by atomic mass is 9.76. The number of unbranched alkanes of at least 4 members (excludes halogenated alkanes) is 3. The first kappa shape index (κ1) is 29.3. The third kappa shape index (κ3) is 7.06. The van der Waals surface area contributed by atoms with Crippen LogP contribution in [0, 0.1) is 0 Å². The van der Waals surface area contributed by atoms with Gasteiger partial charge in [-0.2, -0.15) is 0 Å². The van der Waals surface area contributed by atoms with E-state index in [1.165, 1.54) is 72.4 Å². The van der Waals surface area contributed by atoms with Gasteiger partial charge in [0.05, 0.1) is 5.69 Å². The maximum absolute atomic E-state index is 3.48. The zero-order valence-corrected chi connectivity index (χ0v) is 25.8. The zero-order valence-electron chi connectivity index (χ0n) is 25.8. The summed E-state index contributed by atoms with van der Waals surface area (Å²) in [5, 5.41) is 6.13. The van der Waals surface area contributed by atoms with Crippen LogP contribution in [0.1, 0.15) is 31.2 Å². The Hall–Kier alpha value is -4.76. The van der Waals surface area contributed by atoms with E-state index < -0.39 is 0 Å². The van der Waals surface area contributed by atoms with Crippen molar-refractivity contribution in [3.63, 3.8) is 0 Å². The molecule has 0 aliphatic carbocycles. The first-order valence-corrected chi connectivity index (χ1v) is 16.2. The van der Waals surface area contributed by atoms with Crippen molar-refractivity contribution in [3.8, 4) is 11.1 Å². The van der Waals surface area contributed by atoms with E-state index in [0.717, 1.165) is 29.2 Å². The fourth-order valence-electron chi connectivity index (χ4n) is 6.10. The van der Waals surface area contributed by atoms with Crippen LogP contribution in [0.15, 0.2) is 146 Å². The molecule has 218 valence electrons. The molecule has 0 bridgehead atoms. The summed E-state index contributed by atoms with van der Waals surface area (Å²) in [4.78, 5) is 2.40. The Morgan fingerprint density at radius 1 is 0.500 bits per heavy atom. The minimum Gasteiger partial charge on any atom is -0.356 e. The van der Waals surface area contributed by atoms with Gasteiger partial charge in [0.2, 0.25) is 0 Å². The van der Waals surface area contributed by atoms with E-state index in [-0.39, 0.29) is 0 Å². The van der Waals surface area contributed by atoms with Crippen molar-refractivity contribution >= 4 is 46.5 Å². The Labute approximate surface area is 263 Å². The highest BCUT2D eigenvalue weighted by Gasteiger charge is 2.16. The van der Waals surface area contributed by atoms with Gasteiger partial charge < -0.3 is 10.2 Å². The lowest BCUT2D eigenvalue weighted by Crippen LogP contribution is -2.10. The number of nitrogens with one attached hydrogen (secondary N) is 1. The van der Waals surface area contributed by atoms with E-state index in [4.69, 9.17) is 0 Å². The summed E-state index contributed by atoms with van der Waals surface area (Å²) in [6.07, 6.45) is 7.75. The summed E-state index contributed by atoms with van der Waals surface area (Å²) in [7, 11) is 1.30. The standard InChI is InChI=1S/C41H41BN2/c1-42-31-13-3-2-6-14-34-25-30-41(40-20-12-11-19-39(34)40)44(37-17-9-5-10-18-37)38-28-23-33(24-29-38)32-21-26-36(27-22-32)43-35-15-7-4-8-16-35/h4-5,7-12,15-30,42-43H,2-3,6,13-14,31H2,1H3. The molecule has 0 aliphatic rings. The second-order valence-corrected chi connectivity index (χ2v) is 11.6. The molecule has 2 nitrogen and oxygen atoms in total. The number of nitrogens with zero attached hydrogens (tertiary/aromatic N) is 1. The van der Waals surface area contributed by atoms with Gasteiger partial charge in [-0.15, -0.1) is 0 Å². The lowest BCUT2D eigenvalue weighted by Gasteiger charge is -2.27. The third-order valence-electron chi connectivity index (χ3n) is 8.45. The predicted molar refractivity (Wildman–Crippen MR) is 194 cm³/mol. The zero-order chi connectivity index (χ0) is 30.0. The number of hydrogen-bond donors (Lipinski definition) is 1. The van der Waals surface area contributed by atoms with Crippen LogP contribution < -0.4 is 10.2 Å². The van der Waals surface area contributed by atoms with Gasteiger partial charge in [-0.1, -0.05) is 123 Å². The van der Waals surface area contributed by atoms with Crippen LogP contribution in [0.5, 0.6) is 0 Å². The first-order valence-electron chi connectivity index (χ1n) is 16.2. The van der Waals surface area contributed by atoms with Crippen molar-refractivity contribution in [2.24, 2.45) is 0 Å². The van der Waals surface area contributed by atoms with E-state index >= 15 is 0 Å². The van der Waals surface area contributed by atoms with E-state index in [9.17, 15) is 0 Å².